The van der Waals surface area contributed by atoms with Gasteiger partial charge in [-0.1, -0.05) is 0 Å². The van der Waals surface area contributed by atoms with E-state index in [1.165, 1.54) is 12.1 Å². The molecule has 2 aromatic rings. The van der Waals surface area contributed by atoms with Crippen molar-refractivity contribution < 1.29 is 4.39 Å². The zero-order valence-corrected chi connectivity index (χ0v) is 10.7. The minimum Gasteiger partial charge on any atom is -0.368 e. The zero-order valence-electron chi connectivity index (χ0n) is 7.78. The van der Waals surface area contributed by atoms with Crippen molar-refractivity contribution >= 4 is 40.1 Å². The van der Waals surface area contributed by atoms with E-state index in [1.807, 2.05) is 22.6 Å². The average Bonchev–Trinajstić information content (AvgIpc) is 2.15. The summed E-state index contributed by atoms with van der Waals surface area (Å²) in [7, 11) is 0. The third-order valence-corrected chi connectivity index (χ3v) is 2.86. The lowest BCUT2D eigenvalue weighted by atomic mass is 10.2. The van der Waals surface area contributed by atoms with E-state index in [4.69, 9.17) is 17.3 Å². The van der Waals surface area contributed by atoms with E-state index < -0.39 is 0 Å². The number of anilines is 1. The van der Waals surface area contributed by atoms with Crippen molar-refractivity contribution in [1.29, 1.82) is 0 Å². The molecule has 0 radical (unpaired) electrons. The van der Waals surface area contributed by atoms with Crippen LogP contribution in [0.3, 0.4) is 0 Å². The first-order valence-electron chi connectivity index (χ1n) is 4.19. The molecular formula is C9H5ClFIN4. The van der Waals surface area contributed by atoms with E-state index >= 15 is 0 Å². The predicted octanol–water partition coefficient (Wildman–Crippen LogP) is 2.52. The van der Waals surface area contributed by atoms with Gasteiger partial charge < -0.3 is 5.73 Å². The lowest BCUT2D eigenvalue weighted by molar-refractivity contribution is 0.627. The molecule has 0 saturated carbocycles. The number of hydrogen-bond acceptors (Lipinski definition) is 4. The van der Waals surface area contributed by atoms with Gasteiger partial charge in [0.15, 0.2) is 5.82 Å². The van der Waals surface area contributed by atoms with Crippen LogP contribution in [0.25, 0.3) is 11.4 Å². The van der Waals surface area contributed by atoms with Gasteiger partial charge in [-0.05, 0) is 52.4 Å². The second-order valence-corrected chi connectivity index (χ2v) is 4.41. The van der Waals surface area contributed by atoms with Crippen molar-refractivity contribution in [2.75, 3.05) is 5.73 Å². The highest BCUT2D eigenvalue weighted by atomic mass is 127. The number of hydrogen-bond donors (Lipinski definition) is 1. The van der Waals surface area contributed by atoms with E-state index in [9.17, 15) is 4.39 Å². The van der Waals surface area contributed by atoms with Gasteiger partial charge >= 0.3 is 0 Å². The quantitative estimate of drug-likeness (QED) is 0.803. The molecule has 0 unspecified atom stereocenters. The van der Waals surface area contributed by atoms with Crippen molar-refractivity contribution in [2.24, 2.45) is 0 Å². The fourth-order valence-electron chi connectivity index (χ4n) is 1.16. The molecule has 0 bridgehead atoms. The monoisotopic (exact) mass is 350 g/mol. The molecule has 2 N–H and O–H groups in total. The van der Waals surface area contributed by atoms with Gasteiger partial charge in [-0.15, -0.1) is 0 Å². The molecular weight excluding hydrogens is 345 g/mol. The summed E-state index contributed by atoms with van der Waals surface area (Å²) < 4.78 is 13.6. The molecule has 4 nitrogen and oxygen atoms in total. The first-order chi connectivity index (χ1) is 7.56. The molecule has 16 heavy (non-hydrogen) atoms. The molecule has 82 valence electrons. The highest BCUT2D eigenvalue weighted by molar-refractivity contribution is 14.1. The first-order valence-corrected chi connectivity index (χ1v) is 5.64. The molecule has 0 fully saturated rings. The van der Waals surface area contributed by atoms with Crippen LogP contribution in [0, 0.1) is 9.39 Å². The number of nitrogens with two attached hydrogens (primary N) is 1. The topological polar surface area (TPSA) is 64.7 Å². The van der Waals surface area contributed by atoms with E-state index in [0.29, 0.717) is 15.0 Å². The minimum absolute atomic E-state index is 0.0163. The number of nitrogen functional groups attached to an aromatic ring is 1. The highest BCUT2D eigenvalue weighted by Crippen LogP contribution is 2.23. The van der Waals surface area contributed by atoms with Crippen LogP contribution >= 0.6 is 34.2 Å². The van der Waals surface area contributed by atoms with Crippen LogP contribution in [0.2, 0.25) is 5.28 Å². The minimum atomic E-state index is -0.318. The highest BCUT2D eigenvalue weighted by Gasteiger charge is 2.09. The van der Waals surface area contributed by atoms with Gasteiger partial charge in [0.2, 0.25) is 11.2 Å². The summed E-state index contributed by atoms with van der Waals surface area (Å²) >= 11 is 7.65. The van der Waals surface area contributed by atoms with E-state index in [2.05, 4.69) is 15.0 Å². The summed E-state index contributed by atoms with van der Waals surface area (Å²) in [5.41, 5.74) is 6.12. The SMILES string of the molecule is Nc1nc(Cl)nc(-c2ccc(F)cc2I)n1. The standard InChI is InChI=1S/C9H5ClFIN4/c10-8-14-7(15-9(13)16-8)5-2-1-4(11)3-6(5)12/h1-3H,(H2,13,14,15,16). The normalized spacial score (nSPS) is 10.4. The Balaban J connectivity index is 2.58. The Bertz CT molecular complexity index is 529. The smallest absolute Gasteiger partial charge is 0.227 e. The van der Waals surface area contributed by atoms with Gasteiger partial charge in [0.1, 0.15) is 5.82 Å². The van der Waals surface area contributed by atoms with Gasteiger partial charge in [0.05, 0.1) is 0 Å². The predicted molar refractivity (Wildman–Crippen MR) is 67.4 cm³/mol. The summed E-state index contributed by atoms with van der Waals surface area (Å²) in [6.45, 7) is 0. The molecule has 0 spiro atoms. The Morgan fingerprint density at radius 1 is 1.25 bits per heavy atom. The van der Waals surface area contributed by atoms with Crippen LogP contribution in [0.15, 0.2) is 18.2 Å². The van der Waals surface area contributed by atoms with Crippen LogP contribution in [-0.2, 0) is 0 Å². The summed E-state index contributed by atoms with van der Waals surface area (Å²) in [6, 6.07) is 4.28. The van der Waals surface area contributed by atoms with Gasteiger partial charge in [0, 0.05) is 9.13 Å². The molecule has 0 saturated heterocycles. The molecule has 0 atom stereocenters. The third-order valence-electron chi connectivity index (χ3n) is 1.80. The second kappa shape index (κ2) is 4.46. The van der Waals surface area contributed by atoms with Crippen LogP contribution < -0.4 is 5.73 Å². The lowest BCUT2D eigenvalue weighted by Crippen LogP contribution is -2.00. The fraction of sp³-hybridized carbons (Fsp3) is 0. The van der Waals surface area contributed by atoms with Crippen molar-refractivity contribution in [3.8, 4) is 11.4 Å². The summed E-state index contributed by atoms with van der Waals surface area (Å²) in [5, 5.41) is 0.0163. The maximum absolute atomic E-state index is 12.9. The molecule has 2 rings (SSSR count). The average molecular weight is 351 g/mol. The summed E-state index contributed by atoms with van der Waals surface area (Å²) in [4.78, 5) is 11.5. The second-order valence-electron chi connectivity index (χ2n) is 2.91. The first kappa shape index (κ1) is 11.5. The summed E-state index contributed by atoms with van der Waals surface area (Å²) in [6.07, 6.45) is 0. The van der Waals surface area contributed by atoms with Crippen LogP contribution in [0.1, 0.15) is 0 Å². The number of rotatable bonds is 1. The van der Waals surface area contributed by atoms with Crippen molar-refractivity contribution in [3.63, 3.8) is 0 Å². The van der Waals surface area contributed by atoms with Gasteiger partial charge in [-0.2, -0.15) is 15.0 Å². The Morgan fingerprint density at radius 2 is 2.00 bits per heavy atom. The number of benzene rings is 1. The third kappa shape index (κ3) is 2.38. The molecule has 7 heteroatoms. The zero-order chi connectivity index (χ0) is 11.7. The van der Waals surface area contributed by atoms with E-state index in [-0.39, 0.29) is 17.0 Å². The van der Waals surface area contributed by atoms with Crippen molar-refractivity contribution in [3.05, 3.63) is 32.9 Å². The largest absolute Gasteiger partial charge is 0.368 e. The molecule has 0 aliphatic carbocycles. The van der Waals surface area contributed by atoms with Crippen LogP contribution in [0.4, 0.5) is 10.3 Å². The van der Waals surface area contributed by atoms with Gasteiger partial charge in [-0.3, -0.25) is 0 Å². The molecule has 0 aliphatic heterocycles. The lowest BCUT2D eigenvalue weighted by Gasteiger charge is -2.03. The molecule has 0 amide bonds. The van der Waals surface area contributed by atoms with Crippen LogP contribution in [-0.4, -0.2) is 15.0 Å². The van der Waals surface area contributed by atoms with Crippen molar-refractivity contribution in [1.82, 2.24) is 15.0 Å². The molecule has 1 aromatic carbocycles. The molecule has 0 aliphatic rings. The molecule has 1 aromatic heterocycles. The number of halogens is 3. The van der Waals surface area contributed by atoms with E-state index in [0.717, 1.165) is 0 Å². The van der Waals surface area contributed by atoms with E-state index in [1.54, 1.807) is 6.07 Å². The summed E-state index contributed by atoms with van der Waals surface area (Å²) in [5.74, 6) is 0.0540. The maximum atomic E-state index is 12.9. The Morgan fingerprint density at radius 3 is 2.62 bits per heavy atom. The Labute approximate surface area is 109 Å². The number of nitrogens with zero attached hydrogens (tertiary/aromatic N) is 3. The van der Waals surface area contributed by atoms with Gasteiger partial charge in [0.25, 0.3) is 0 Å². The maximum Gasteiger partial charge on any atom is 0.227 e. The Hall–Kier alpha value is -1.02. The number of aromatic nitrogens is 3. The fourth-order valence-corrected chi connectivity index (χ4v) is 2.04. The Kier molecular flexibility index (Phi) is 3.20. The molecule has 1 heterocycles. The van der Waals surface area contributed by atoms with Crippen molar-refractivity contribution in [2.45, 2.75) is 0 Å². The van der Waals surface area contributed by atoms with Crippen LogP contribution in [0.5, 0.6) is 0 Å². The van der Waals surface area contributed by atoms with Gasteiger partial charge in [-0.25, -0.2) is 4.39 Å².